The summed E-state index contributed by atoms with van der Waals surface area (Å²) in [6.45, 7) is 5.54. The van der Waals surface area contributed by atoms with Crippen molar-refractivity contribution in [3.63, 3.8) is 0 Å². The zero-order chi connectivity index (χ0) is 15.4. The molecular formula is C16H16ClNO3. The van der Waals surface area contributed by atoms with Crippen LogP contribution < -0.4 is 5.32 Å². The maximum atomic E-state index is 12.1. The van der Waals surface area contributed by atoms with Crippen molar-refractivity contribution in [1.29, 1.82) is 0 Å². The molecule has 110 valence electrons. The van der Waals surface area contributed by atoms with E-state index in [0.29, 0.717) is 16.3 Å². The van der Waals surface area contributed by atoms with Gasteiger partial charge in [0.1, 0.15) is 11.9 Å². The van der Waals surface area contributed by atoms with Gasteiger partial charge in [0.2, 0.25) is 5.91 Å². The van der Waals surface area contributed by atoms with Crippen LogP contribution in [0, 0.1) is 6.92 Å². The van der Waals surface area contributed by atoms with E-state index in [1.54, 1.807) is 18.2 Å². The van der Waals surface area contributed by atoms with E-state index in [1.165, 1.54) is 6.26 Å². The highest BCUT2D eigenvalue weighted by atomic mass is 35.5. The van der Waals surface area contributed by atoms with E-state index >= 15 is 0 Å². The van der Waals surface area contributed by atoms with Gasteiger partial charge in [-0.15, -0.1) is 0 Å². The Morgan fingerprint density at radius 2 is 2.14 bits per heavy atom. The number of carbonyl (C=O) groups excluding carboxylic acids is 1. The highest BCUT2D eigenvalue weighted by molar-refractivity contribution is 6.33. The number of halogens is 1. The Hall–Kier alpha value is -1.78. The van der Waals surface area contributed by atoms with Gasteiger partial charge in [0.25, 0.3) is 0 Å². The molecule has 0 saturated carbocycles. The van der Waals surface area contributed by atoms with Crippen LogP contribution in [-0.4, -0.2) is 11.0 Å². The van der Waals surface area contributed by atoms with Gasteiger partial charge < -0.3 is 14.8 Å². The fourth-order valence-electron chi connectivity index (χ4n) is 2.66. The second-order valence-corrected chi connectivity index (χ2v) is 6.20. The molecule has 2 aromatic rings. The van der Waals surface area contributed by atoms with Crippen molar-refractivity contribution in [2.45, 2.75) is 32.3 Å². The summed E-state index contributed by atoms with van der Waals surface area (Å²) in [5, 5.41) is 13.8. The third kappa shape index (κ3) is 1.98. The van der Waals surface area contributed by atoms with Crippen LogP contribution in [0.5, 0.6) is 0 Å². The van der Waals surface area contributed by atoms with Crippen molar-refractivity contribution in [3.05, 3.63) is 51.9 Å². The molecule has 21 heavy (non-hydrogen) atoms. The molecule has 0 aliphatic carbocycles. The van der Waals surface area contributed by atoms with Gasteiger partial charge in [-0.2, -0.15) is 0 Å². The molecule has 5 heteroatoms. The van der Waals surface area contributed by atoms with Gasteiger partial charge in [0.15, 0.2) is 0 Å². The van der Waals surface area contributed by atoms with E-state index in [1.807, 2.05) is 20.8 Å². The van der Waals surface area contributed by atoms with E-state index < -0.39 is 11.5 Å². The second-order valence-electron chi connectivity index (χ2n) is 5.82. The van der Waals surface area contributed by atoms with Crippen LogP contribution in [0.2, 0.25) is 5.02 Å². The fourth-order valence-corrected chi connectivity index (χ4v) is 2.92. The Balaban J connectivity index is 2.19. The Labute approximate surface area is 127 Å². The van der Waals surface area contributed by atoms with Crippen LogP contribution in [0.25, 0.3) is 0 Å². The number of anilines is 1. The summed E-state index contributed by atoms with van der Waals surface area (Å²) in [7, 11) is 0. The fraction of sp³-hybridized carbons (Fsp3) is 0.312. The predicted molar refractivity (Wildman–Crippen MR) is 80.6 cm³/mol. The highest BCUT2D eigenvalue weighted by Gasteiger charge is 2.40. The minimum Gasteiger partial charge on any atom is -0.466 e. The molecule has 1 aromatic carbocycles. The molecule has 1 unspecified atom stereocenters. The number of amides is 1. The summed E-state index contributed by atoms with van der Waals surface area (Å²) < 4.78 is 5.25. The Morgan fingerprint density at radius 1 is 1.43 bits per heavy atom. The molecule has 1 aromatic heterocycles. The number of aliphatic hydroxyl groups excluding tert-OH is 1. The summed E-state index contributed by atoms with van der Waals surface area (Å²) in [4.78, 5) is 12.1. The van der Waals surface area contributed by atoms with E-state index in [0.717, 1.165) is 16.8 Å². The monoisotopic (exact) mass is 305 g/mol. The summed E-state index contributed by atoms with van der Waals surface area (Å²) in [5.74, 6) is 0.354. The van der Waals surface area contributed by atoms with Crippen LogP contribution in [0.4, 0.5) is 5.69 Å². The molecule has 0 bridgehead atoms. The lowest BCUT2D eigenvalue weighted by atomic mass is 9.83. The number of benzene rings is 1. The highest BCUT2D eigenvalue weighted by Crippen LogP contribution is 2.45. The van der Waals surface area contributed by atoms with Crippen LogP contribution in [0.3, 0.4) is 0 Å². The molecule has 2 N–H and O–H groups in total. The number of furan rings is 1. The lowest BCUT2D eigenvalue weighted by molar-refractivity contribution is -0.119. The number of rotatable bonds is 2. The lowest BCUT2D eigenvalue weighted by Gasteiger charge is -2.19. The summed E-state index contributed by atoms with van der Waals surface area (Å²) in [6.07, 6.45) is 0.546. The van der Waals surface area contributed by atoms with E-state index in [2.05, 4.69) is 5.32 Å². The molecule has 3 rings (SSSR count). The molecule has 1 atom stereocenters. The Kier molecular flexibility index (Phi) is 3.11. The van der Waals surface area contributed by atoms with Crippen molar-refractivity contribution in [2.75, 3.05) is 5.32 Å². The van der Waals surface area contributed by atoms with Crippen molar-refractivity contribution in [2.24, 2.45) is 0 Å². The molecule has 0 fully saturated rings. The summed E-state index contributed by atoms with van der Waals surface area (Å²) in [5.41, 5.74) is 2.24. The number of hydrogen-bond acceptors (Lipinski definition) is 3. The van der Waals surface area contributed by atoms with Gasteiger partial charge in [-0.3, -0.25) is 4.79 Å². The third-order valence-corrected chi connectivity index (χ3v) is 4.62. The van der Waals surface area contributed by atoms with Crippen LogP contribution >= 0.6 is 11.6 Å². The second kappa shape index (κ2) is 4.61. The first-order chi connectivity index (χ1) is 9.84. The number of fused-ring (bicyclic) bond motifs is 1. The molecule has 0 spiro atoms. The molecule has 1 amide bonds. The van der Waals surface area contributed by atoms with E-state index in [4.69, 9.17) is 16.0 Å². The van der Waals surface area contributed by atoms with Gasteiger partial charge in [-0.25, -0.2) is 0 Å². The maximum absolute atomic E-state index is 12.1. The molecule has 1 aliphatic rings. The first-order valence-corrected chi connectivity index (χ1v) is 7.08. The minimum atomic E-state index is -0.956. The quantitative estimate of drug-likeness (QED) is 0.892. The first kappa shape index (κ1) is 14.2. The van der Waals surface area contributed by atoms with E-state index in [9.17, 15) is 9.90 Å². The van der Waals surface area contributed by atoms with Gasteiger partial charge in [0.05, 0.1) is 16.7 Å². The Morgan fingerprint density at radius 3 is 2.76 bits per heavy atom. The van der Waals surface area contributed by atoms with Crippen molar-refractivity contribution >= 4 is 23.2 Å². The average molecular weight is 306 g/mol. The van der Waals surface area contributed by atoms with Crippen LogP contribution in [0.15, 0.2) is 28.9 Å². The SMILES string of the molecule is Cc1c(Cl)c(C(O)c2ccco2)cc2c1NC(=O)C2(C)C. The summed E-state index contributed by atoms with van der Waals surface area (Å²) >= 11 is 6.38. The first-order valence-electron chi connectivity index (χ1n) is 6.70. The molecule has 4 nitrogen and oxygen atoms in total. The van der Waals surface area contributed by atoms with Crippen LogP contribution in [-0.2, 0) is 10.2 Å². The number of aliphatic hydroxyl groups is 1. The number of nitrogens with one attached hydrogen (secondary N) is 1. The lowest BCUT2D eigenvalue weighted by Crippen LogP contribution is -2.26. The standard InChI is InChI=1S/C16H16ClNO3/c1-8-12(17)9(14(19)11-5-4-6-21-11)7-10-13(8)18-15(20)16(10,2)3/h4-7,14,19H,1-3H3,(H,18,20). The largest absolute Gasteiger partial charge is 0.466 e. The number of carbonyl (C=O) groups is 1. The van der Waals surface area contributed by atoms with Crippen LogP contribution in [0.1, 0.15) is 42.4 Å². The van der Waals surface area contributed by atoms with Gasteiger partial charge >= 0.3 is 0 Å². The van der Waals surface area contributed by atoms with Gasteiger partial charge in [-0.1, -0.05) is 11.6 Å². The minimum absolute atomic E-state index is 0.0682. The molecular weight excluding hydrogens is 290 g/mol. The van der Waals surface area contributed by atoms with Crippen molar-refractivity contribution in [1.82, 2.24) is 0 Å². The predicted octanol–water partition coefficient (Wildman–Crippen LogP) is 3.55. The van der Waals surface area contributed by atoms with Crippen molar-refractivity contribution in [3.8, 4) is 0 Å². The zero-order valence-electron chi connectivity index (χ0n) is 12.0. The smallest absolute Gasteiger partial charge is 0.234 e. The zero-order valence-corrected chi connectivity index (χ0v) is 12.8. The number of hydrogen-bond donors (Lipinski definition) is 2. The van der Waals surface area contributed by atoms with Gasteiger partial charge in [0, 0.05) is 11.3 Å². The summed E-state index contributed by atoms with van der Waals surface area (Å²) in [6, 6.07) is 5.19. The molecule has 1 aliphatic heterocycles. The Bertz CT molecular complexity index is 720. The maximum Gasteiger partial charge on any atom is 0.234 e. The van der Waals surface area contributed by atoms with Gasteiger partial charge in [-0.05, 0) is 50.1 Å². The van der Waals surface area contributed by atoms with E-state index in [-0.39, 0.29) is 5.91 Å². The third-order valence-electron chi connectivity index (χ3n) is 4.11. The molecule has 0 saturated heterocycles. The average Bonchev–Trinajstić information content (AvgIpc) is 3.03. The normalized spacial score (nSPS) is 17.5. The molecule has 0 radical (unpaired) electrons. The topological polar surface area (TPSA) is 62.5 Å². The van der Waals surface area contributed by atoms with Crippen molar-refractivity contribution < 1.29 is 14.3 Å². The molecule has 2 heterocycles.